The van der Waals surface area contributed by atoms with Crippen LogP contribution in [0.15, 0.2) is 53.4 Å². The van der Waals surface area contributed by atoms with Gasteiger partial charge >= 0.3 is 0 Å². The number of carbonyl (C=O) groups is 2. The summed E-state index contributed by atoms with van der Waals surface area (Å²) in [4.78, 5) is 25.7. The van der Waals surface area contributed by atoms with Gasteiger partial charge in [-0.15, -0.1) is 11.8 Å². The van der Waals surface area contributed by atoms with Crippen LogP contribution in [0.3, 0.4) is 0 Å². The van der Waals surface area contributed by atoms with Crippen LogP contribution < -0.4 is 10.6 Å². The minimum absolute atomic E-state index is 0.0378. The molecule has 0 radical (unpaired) electrons. The molecule has 2 aliphatic rings. The Kier molecular flexibility index (Phi) is 6.23. The van der Waals surface area contributed by atoms with E-state index in [4.69, 9.17) is 0 Å². The van der Waals surface area contributed by atoms with Gasteiger partial charge in [-0.25, -0.2) is 4.39 Å². The van der Waals surface area contributed by atoms with Crippen molar-refractivity contribution in [1.29, 1.82) is 0 Å². The Hall–Kier alpha value is -2.60. The third-order valence-electron chi connectivity index (χ3n) is 5.76. The van der Waals surface area contributed by atoms with Gasteiger partial charge in [0, 0.05) is 29.3 Å². The summed E-state index contributed by atoms with van der Waals surface area (Å²) in [6, 6.07) is 14.5. The summed E-state index contributed by atoms with van der Waals surface area (Å²) < 4.78 is 13.9. The number of benzene rings is 2. The number of fused-ring (bicyclic) bond motifs is 1. The Morgan fingerprint density at radius 3 is 2.73 bits per heavy atom. The van der Waals surface area contributed by atoms with Crippen LogP contribution in [0.5, 0.6) is 0 Å². The van der Waals surface area contributed by atoms with Gasteiger partial charge in [-0.3, -0.25) is 9.59 Å². The topological polar surface area (TPSA) is 58.2 Å². The maximum atomic E-state index is 13.9. The molecule has 156 valence electrons. The van der Waals surface area contributed by atoms with Crippen LogP contribution in [-0.2, 0) is 16.1 Å². The minimum atomic E-state index is -0.338. The molecule has 4 nitrogen and oxygen atoms in total. The highest BCUT2D eigenvalue weighted by Gasteiger charge is 2.39. The molecule has 30 heavy (non-hydrogen) atoms. The third-order valence-corrected chi connectivity index (χ3v) is 7.18. The molecule has 4 rings (SSSR count). The number of aryl methyl sites for hydroxylation is 1. The van der Waals surface area contributed by atoms with Crippen LogP contribution in [0, 0.1) is 18.7 Å². The van der Waals surface area contributed by atoms with Crippen LogP contribution in [0.2, 0.25) is 0 Å². The maximum Gasteiger partial charge on any atom is 0.257 e. The normalized spacial score (nSPS) is 24.8. The van der Waals surface area contributed by atoms with Crippen molar-refractivity contribution in [3.8, 4) is 0 Å². The highest BCUT2D eigenvalue weighted by molar-refractivity contribution is 8.04. The molecule has 6 heteroatoms. The van der Waals surface area contributed by atoms with E-state index in [0.717, 1.165) is 18.4 Å². The molecule has 2 aromatic carbocycles. The van der Waals surface area contributed by atoms with Crippen molar-refractivity contribution in [2.45, 2.75) is 44.0 Å². The largest absolute Gasteiger partial charge is 0.352 e. The number of hydrogen-bond donors (Lipinski definition) is 2. The fourth-order valence-corrected chi connectivity index (χ4v) is 5.29. The predicted octanol–water partition coefficient (Wildman–Crippen LogP) is 4.19. The van der Waals surface area contributed by atoms with Crippen LogP contribution in [0.1, 0.15) is 36.0 Å². The highest BCUT2D eigenvalue weighted by Crippen LogP contribution is 2.40. The molecule has 1 heterocycles. The molecule has 0 spiro atoms. The second-order valence-electron chi connectivity index (χ2n) is 7.98. The van der Waals surface area contributed by atoms with Gasteiger partial charge < -0.3 is 10.6 Å². The van der Waals surface area contributed by atoms with E-state index in [1.54, 1.807) is 24.3 Å². The third kappa shape index (κ3) is 4.75. The van der Waals surface area contributed by atoms with Crippen LogP contribution in [0.25, 0.3) is 6.08 Å². The second-order valence-corrected chi connectivity index (χ2v) is 9.26. The number of hydrogen-bond acceptors (Lipinski definition) is 3. The standard InChI is InChI=1S/C24H25FN2O2S/c1-15-6-8-16(9-7-15)14-26-23(28)18-10-11-21-20(12-18)27-24(29)22(30-21)13-17-4-2-3-5-19(17)25/h2-9,13,18,20-21H,10-12,14H2,1H3,(H,26,28)(H,27,29)/b22-13+. The van der Waals surface area contributed by atoms with E-state index in [0.29, 0.717) is 23.4 Å². The first-order valence-corrected chi connectivity index (χ1v) is 11.1. The Bertz CT molecular complexity index is 973. The lowest BCUT2D eigenvalue weighted by Crippen LogP contribution is -2.51. The van der Waals surface area contributed by atoms with E-state index in [1.807, 2.05) is 31.2 Å². The van der Waals surface area contributed by atoms with Gasteiger partial charge in [-0.2, -0.15) is 0 Å². The number of halogens is 1. The molecule has 0 aromatic heterocycles. The molecule has 1 saturated heterocycles. The predicted molar refractivity (Wildman–Crippen MR) is 118 cm³/mol. The van der Waals surface area contributed by atoms with Crippen LogP contribution in [-0.4, -0.2) is 23.1 Å². The highest BCUT2D eigenvalue weighted by atomic mass is 32.2. The molecule has 2 aromatic rings. The molecule has 1 aliphatic carbocycles. The molecule has 2 N–H and O–H groups in total. The van der Waals surface area contributed by atoms with Gasteiger partial charge in [-0.1, -0.05) is 48.0 Å². The monoisotopic (exact) mass is 424 g/mol. The Morgan fingerprint density at radius 2 is 1.97 bits per heavy atom. The first-order valence-electron chi connectivity index (χ1n) is 10.3. The summed E-state index contributed by atoms with van der Waals surface area (Å²) in [6.07, 6.45) is 3.88. The summed E-state index contributed by atoms with van der Waals surface area (Å²) in [5.41, 5.74) is 2.68. The zero-order valence-electron chi connectivity index (χ0n) is 16.9. The van der Waals surface area contributed by atoms with Gasteiger partial charge in [0.25, 0.3) is 5.91 Å². The van der Waals surface area contributed by atoms with E-state index in [2.05, 4.69) is 10.6 Å². The molecular weight excluding hydrogens is 399 g/mol. The zero-order chi connectivity index (χ0) is 21.1. The lowest BCUT2D eigenvalue weighted by atomic mass is 9.84. The zero-order valence-corrected chi connectivity index (χ0v) is 17.7. The number of carbonyl (C=O) groups excluding carboxylic acids is 2. The summed E-state index contributed by atoms with van der Waals surface area (Å²) in [5.74, 6) is -0.588. The van der Waals surface area contributed by atoms with Gasteiger partial charge in [0.1, 0.15) is 5.82 Å². The molecule has 3 unspecified atom stereocenters. The van der Waals surface area contributed by atoms with E-state index >= 15 is 0 Å². The Labute approximate surface area is 180 Å². The van der Waals surface area contributed by atoms with Crippen LogP contribution >= 0.6 is 11.8 Å². The summed E-state index contributed by atoms with van der Waals surface area (Å²) in [5, 5.41) is 6.28. The molecule has 0 bridgehead atoms. The van der Waals surface area contributed by atoms with Crippen molar-refractivity contribution in [2.75, 3.05) is 0 Å². The maximum absolute atomic E-state index is 13.9. The molecule has 1 aliphatic heterocycles. The SMILES string of the molecule is Cc1ccc(CNC(=O)C2CCC3S/C(=C/c4ccccc4F)C(=O)NC3C2)cc1. The number of rotatable bonds is 4. The van der Waals surface area contributed by atoms with E-state index < -0.39 is 0 Å². The minimum Gasteiger partial charge on any atom is -0.352 e. The quantitative estimate of drug-likeness (QED) is 0.724. The summed E-state index contributed by atoms with van der Waals surface area (Å²) >= 11 is 1.50. The molecule has 2 fully saturated rings. The average Bonchev–Trinajstić information content (AvgIpc) is 2.75. The summed E-state index contributed by atoms with van der Waals surface area (Å²) in [7, 11) is 0. The van der Waals surface area contributed by atoms with E-state index in [1.165, 1.54) is 23.4 Å². The van der Waals surface area contributed by atoms with Crippen molar-refractivity contribution in [2.24, 2.45) is 5.92 Å². The summed E-state index contributed by atoms with van der Waals surface area (Å²) in [6.45, 7) is 2.55. The fourth-order valence-electron chi connectivity index (χ4n) is 4.00. The van der Waals surface area contributed by atoms with Crippen molar-refractivity contribution in [1.82, 2.24) is 10.6 Å². The molecule has 1 saturated carbocycles. The van der Waals surface area contributed by atoms with E-state index in [9.17, 15) is 14.0 Å². The Morgan fingerprint density at radius 1 is 1.20 bits per heavy atom. The number of amides is 2. The number of thioether (sulfide) groups is 1. The first-order chi connectivity index (χ1) is 14.5. The van der Waals surface area contributed by atoms with Crippen molar-refractivity contribution >= 4 is 29.7 Å². The molecule has 3 atom stereocenters. The molecular formula is C24H25FN2O2S. The average molecular weight is 425 g/mol. The van der Waals surface area contributed by atoms with Crippen molar-refractivity contribution in [3.63, 3.8) is 0 Å². The van der Waals surface area contributed by atoms with E-state index in [-0.39, 0.29) is 34.8 Å². The van der Waals surface area contributed by atoms with Crippen molar-refractivity contribution < 1.29 is 14.0 Å². The Balaban J connectivity index is 1.35. The fraction of sp³-hybridized carbons (Fsp3) is 0.333. The second kappa shape index (κ2) is 9.04. The molecule has 2 amide bonds. The smallest absolute Gasteiger partial charge is 0.257 e. The van der Waals surface area contributed by atoms with Gasteiger partial charge in [0.05, 0.1) is 4.91 Å². The van der Waals surface area contributed by atoms with Crippen LogP contribution in [0.4, 0.5) is 4.39 Å². The van der Waals surface area contributed by atoms with Crippen molar-refractivity contribution in [3.05, 3.63) is 75.9 Å². The van der Waals surface area contributed by atoms with Gasteiger partial charge in [-0.05, 0) is 43.9 Å². The lowest BCUT2D eigenvalue weighted by Gasteiger charge is -2.39. The number of nitrogens with one attached hydrogen (secondary N) is 2. The van der Waals surface area contributed by atoms with Gasteiger partial charge in [0.2, 0.25) is 5.91 Å². The lowest BCUT2D eigenvalue weighted by molar-refractivity contribution is -0.127. The first kappa shape index (κ1) is 20.7. The van der Waals surface area contributed by atoms with Gasteiger partial charge in [0.15, 0.2) is 0 Å².